The minimum atomic E-state index is -0.0175. The molecule has 0 aliphatic carbocycles. The van der Waals surface area contributed by atoms with Crippen molar-refractivity contribution in [2.24, 2.45) is 0 Å². The van der Waals surface area contributed by atoms with Gasteiger partial charge in [-0.05, 0) is 32.5 Å². The Morgan fingerprint density at radius 2 is 1.12 bits per heavy atom. The van der Waals surface area contributed by atoms with Crippen LogP contribution in [0.3, 0.4) is 0 Å². The molecule has 0 aliphatic rings. The van der Waals surface area contributed by atoms with Crippen molar-refractivity contribution >= 4 is 5.97 Å². The van der Waals surface area contributed by atoms with Crippen LogP contribution >= 0.6 is 0 Å². The van der Waals surface area contributed by atoms with Crippen molar-refractivity contribution in [3.8, 4) is 0 Å². The molecule has 0 heterocycles. The van der Waals surface area contributed by atoms with Gasteiger partial charge < -0.3 is 9.64 Å². The van der Waals surface area contributed by atoms with Crippen molar-refractivity contribution in [3.63, 3.8) is 0 Å². The van der Waals surface area contributed by atoms with Gasteiger partial charge >= 0.3 is 5.97 Å². The number of carbonyl (C=O) groups is 1. The number of esters is 1. The Bertz CT molecular complexity index is 290. The van der Waals surface area contributed by atoms with Gasteiger partial charge in [0.2, 0.25) is 0 Å². The molecule has 0 aromatic heterocycles. The van der Waals surface area contributed by atoms with Gasteiger partial charge in [-0.15, -0.1) is 0 Å². The summed E-state index contributed by atoms with van der Waals surface area (Å²) in [5.74, 6) is -0.0175. The van der Waals surface area contributed by atoms with Gasteiger partial charge in [-0.1, -0.05) is 97.8 Å². The first-order chi connectivity index (χ1) is 12.7. The van der Waals surface area contributed by atoms with Crippen LogP contribution in [0, 0.1) is 0 Å². The van der Waals surface area contributed by atoms with Crippen molar-refractivity contribution in [1.82, 2.24) is 4.90 Å². The lowest BCUT2D eigenvalue weighted by Crippen LogP contribution is -2.24. The van der Waals surface area contributed by atoms with E-state index in [1.165, 1.54) is 77.0 Å². The molecular formula is C23H47NO2. The monoisotopic (exact) mass is 369 g/mol. The van der Waals surface area contributed by atoms with Crippen LogP contribution in [0.4, 0.5) is 0 Å². The fraction of sp³-hybridized carbons (Fsp3) is 0.957. The predicted molar refractivity (Wildman–Crippen MR) is 114 cm³/mol. The van der Waals surface area contributed by atoms with Crippen LogP contribution in [0.15, 0.2) is 0 Å². The average molecular weight is 370 g/mol. The van der Waals surface area contributed by atoms with Crippen LogP contribution in [0.5, 0.6) is 0 Å². The molecule has 0 rings (SSSR count). The van der Waals surface area contributed by atoms with Crippen molar-refractivity contribution in [1.29, 1.82) is 0 Å². The zero-order valence-electron chi connectivity index (χ0n) is 18.2. The Hall–Kier alpha value is -0.570. The molecule has 0 aromatic carbocycles. The highest BCUT2D eigenvalue weighted by Crippen LogP contribution is 2.12. The van der Waals surface area contributed by atoms with E-state index in [1.54, 1.807) is 0 Å². The first-order valence-corrected chi connectivity index (χ1v) is 11.6. The molecule has 0 spiro atoms. The van der Waals surface area contributed by atoms with Crippen molar-refractivity contribution < 1.29 is 9.53 Å². The highest BCUT2D eigenvalue weighted by molar-refractivity contribution is 5.69. The molecule has 0 amide bonds. The number of hydrogen-bond acceptors (Lipinski definition) is 3. The molecule has 3 heteroatoms. The van der Waals surface area contributed by atoms with Crippen LogP contribution in [0.2, 0.25) is 0 Å². The third-order valence-electron chi connectivity index (χ3n) is 5.26. The number of ether oxygens (including phenoxy) is 1. The third-order valence-corrected chi connectivity index (χ3v) is 5.26. The summed E-state index contributed by atoms with van der Waals surface area (Å²) in [4.78, 5) is 14.0. The van der Waals surface area contributed by atoms with E-state index in [1.807, 2.05) is 0 Å². The number of rotatable bonds is 20. The largest absolute Gasteiger partial charge is 0.466 e. The van der Waals surface area contributed by atoms with Gasteiger partial charge in [0.1, 0.15) is 0 Å². The molecule has 0 bridgehead atoms. The molecule has 0 atom stereocenters. The quantitative estimate of drug-likeness (QED) is 0.176. The molecule has 0 radical (unpaired) electrons. The topological polar surface area (TPSA) is 29.5 Å². The summed E-state index contributed by atoms with van der Waals surface area (Å²) in [5, 5.41) is 0. The fourth-order valence-electron chi connectivity index (χ4n) is 3.36. The zero-order chi connectivity index (χ0) is 19.3. The molecule has 0 saturated heterocycles. The van der Waals surface area contributed by atoms with Gasteiger partial charge in [0, 0.05) is 6.42 Å². The smallest absolute Gasteiger partial charge is 0.305 e. The second kappa shape index (κ2) is 20.7. The Kier molecular flexibility index (Phi) is 20.3. The Morgan fingerprint density at radius 1 is 0.654 bits per heavy atom. The van der Waals surface area contributed by atoms with Crippen molar-refractivity contribution in [2.75, 3.05) is 26.2 Å². The van der Waals surface area contributed by atoms with E-state index in [4.69, 9.17) is 4.74 Å². The Labute approximate surface area is 164 Å². The molecule has 0 fully saturated rings. The number of carbonyl (C=O) groups excluding carboxylic acids is 1. The first-order valence-electron chi connectivity index (χ1n) is 11.6. The molecule has 0 unspecified atom stereocenters. The lowest BCUT2D eigenvalue weighted by Gasteiger charge is -2.17. The van der Waals surface area contributed by atoms with Gasteiger partial charge in [0.05, 0.1) is 6.61 Å². The zero-order valence-corrected chi connectivity index (χ0v) is 18.2. The highest BCUT2D eigenvalue weighted by Gasteiger charge is 2.04. The number of hydrogen-bond donors (Lipinski definition) is 0. The van der Waals surface area contributed by atoms with E-state index in [2.05, 4.69) is 25.7 Å². The van der Waals surface area contributed by atoms with Crippen LogP contribution in [0.25, 0.3) is 0 Å². The second-order valence-corrected chi connectivity index (χ2v) is 7.59. The molecule has 26 heavy (non-hydrogen) atoms. The normalized spacial score (nSPS) is 11.2. The molecule has 156 valence electrons. The summed E-state index contributed by atoms with van der Waals surface area (Å²) in [5.41, 5.74) is 0. The maximum absolute atomic E-state index is 11.7. The van der Waals surface area contributed by atoms with Gasteiger partial charge in [0.15, 0.2) is 0 Å². The summed E-state index contributed by atoms with van der Waals surface area (Å²) >= 11 is 0. The number of unbranched alkanes of at least 4 members (excludes halogenated alkanes) is 12. The summed E-state index contributed by atoms with van der Waals surface area (Å²) in [6.07, 6.45) is 19.0. The average Bonchev–Trinajstić information content (AvgIpc) is 2.65. The summed E-state index contributed by atoms with van der Waals surface area (Å²) in [6, 6.07) is 0. The minimum Gasteiger partial charge on any atom is -0.466 e. The fourth-order valence-corrected chi connectivity index (χ4v) is 3.36. The predicted octanol–water partition coefficient (Wildman–Crippen LogP) is 6.74. The molecule has 0 aromatic rings. The molecule has 0 saturated carbocycles. The van der Waals surface area contributed by atoms with E-state index in [9.17, 15) is 4.79 Å². The van der Waals surface area contributed by atoms with Crippen LogP contribution in [-0.4, -0.2) is 37.1 Å². The summed E-state index contributed by atoms with van der Waals surface area (Å²) < 4.78 is 5.33. The lowest BCUT2D eigenvalue weighted by molar-refractivity contribution is -0.143. The summed E-state index contributed by atoms with van der Waals surface area (Å²) in [7, 11) is 0. The lowest BCUT2D eigenvalue weighted by atomic mass is 10.0. The van der Waals surface area contributed by atoms with Crippen LogP contribution in [0.1, 0.15) is 117 Å². The van der Waals surface area contributed by atoms with Crippen LogP contribution < -0.4 is 0 Å². The SMILES string of the molecule is CCCCCCCCCCCCCCCOC(=O)CCCN(CC)CC. The third kappa shape index (κ3) is 18.2. The van der Waals surface area contributed by atoms with Gasteiger partial charge in [-0.2, -0.15) is 0 Å². The van der Waals surface area contributed by atoms with E-state index in [0.717, 1.165) is 32.5 Å². The molecule has 0 N–H and O–H groups in total. The van der Waals surface area contributed by atoms with Crippen LogP contribution in [-0.2, 0) is 9.53 Å². The van der Waals surface area contributed by atoms with E-state index < -0.39 is 0 Å². The Balaban J connectivity index is 3.20. The van der Waals surface area contributed by atoms with E-state index in [0.29, 0.717) is 13.0 Å². The van der Waals surface area contributed by atoms with E-state index >= 15 is 0 Å². The number of nitrogens with zero attached hydrogens (tertiary/aromatic N) is 1. The van der Waals surface area contributed by atoms with Crippen molar-refractivity contribution in [3.05, 3.63) is 0 Å². The van der Waals surface area contributed by atoms with Gasteiger partial charge in [0.25, 0.3) is 0 Å². The van der Waals surface area contributed by atoms with E-state index in [-0.39, 0.29) is 5.97 Å². The maximum Gasteiger partial charge on any atom is 0.305 e. The maximum atomic E-state index is 11.7. The molecular weight excluding hydrogens is 322 g/mol. The second-order valence-electron chi connectivity index (χ2n) is 7.59. The van der Waals surface area contributed by atoms with Gasteiger partial charge in [-0.3, -0.25) is 4.79 Å². The Morgan fingerprint density at radius 3 is 1.58 bits per heavy atom. The summed E-state index contributed by atoms with van der Waals surface area (Å²) in [6.45, 7) is 10.3. The molecule has 3 nitrogen and oxygen atoms in total. The standard InChI is InChI=1S/C23H47NO2/c1-4-7-8-9-10-11-12-13-14-15-16-17-18-22-26-23(25)20-19-21-24(5-2)6-3/h4-22H2,1-3H3. The molecule has 0 aliphatic heterocycles. The first kappa shape index (κ1) is 25.4. The highest BCUT2D eigenvalue weighted by atomic mass is 16.5. The van der Waals surface area contributed by atoms with Crippen molar-refractivity contribution in [2.45, 2.75) is 117 Å². The minimum absolute atomic E-state index is 0.0175. The van der Waals surface area contributed by atoms with Gasteiger partial charge in [-0.25, -0.2) is 0 Å².